The average molecular weight is 255 g/mol. The maximum atomic E-state index is 13.9. The molecule has 0 amide bonds. The van der Waals surface area contributed by atoms with Crippen molar-refractivity contribution in [1.29, 1.82) is 0 Å². The van der Waals surface area contributed by atoms with Gasteiger partial charge in [-0.3, -0.25) is 0 Å². The fraction of sp³-hybridized carbons (Fsp3) is 0.571. The van der Waals surface area contributed by atoms with Crippen LogP contribution in [0.2, 0.25) is 0 Å². The van der Waals surface area contributed by atoms with Crippen molar-refractivity contribution in [1.82, 2.24) is 5.32 Å². The number of likely N-dealkylation sites (N-methyl/N-ethyl adjacent to an activating group) is 1. The number of ether oxygens (including phenoxy) is 1. The Labute approximate surface area is 106 Å². The molecule has 100 valence electrons. The zero-order chi connectivity index (χ0) is 13.1. The summed E-state index contributed by atoms with van der Waals surface area (Å²) in [6.45, 7) is 5.49. The van der Waals surface area contributed by atoms with E-state index in [2.05, 4.69) is 12.2 Å². The molecule has 1 aromatic carbocycles. The van der Waals surface area contributed by atoms with E-state index in [0.29, 0.717) is 24.6 Å². The second kappa shape index (κ2) is 5.76. The predicted octanol–water partition coefficient (Wildman–Crippen LogP) is 3.04. The third kappa shape index (κ3) is 2.70. The molecule has 3 atom stereocenters. The van der Waals surface area contributed by atoms with Crippen molar-refractivity contribution >= 4 is 0 Å². The molecular weight excluding hydrogens is 236 g/mol. The van der Waals surface area contributed by atoms with Gasteiger partial charge in [0.05, 0.1) is 12.1 Å². The highest BCUT2D eigenvalue weighted by molar-refractivity contribution is 5.23. The van der Waals surface area contributed by atoms with Crippen LogP contribution in [0.15, 0.2) is 18.2 Å². The molecule has 1 saturated heterocycles. The van der Waals surface area contributed by atoms with Gasteiger partial charge in [0, 0.05) is 18.2 Å². The molecule has 4 heteroatoms. The summed E-state index contributed by atoms with van der Waals surface area (Å²) < 4.78 is 32.5. The smallest absolute Gasteiger partial charge is 0.130 e. The van der Waals surface area contributed by atoms with Gasteiger partial charge in [0.25, 0.3) is 0 Å². The van der Waals surface area contributed by atoms with E-state index in [1.165, 1.54) is 12.1 Å². The molecule has 0 spiro atoms. The molecule has 0 saturated carbocycles. The minimum atomic E-state index is -0.549. The van der Waals surface area contributed by atoms with E-state index in [1.54, 1.807) is 0 Å². The van der Waals surface area contributed by atoms with E-state index >= 15 is 0 Å². The monoisotopic (exact) mass is 255 g/mol. The first-order valence-electron chi connectivity index (χ1n) is 6.43. The number of rotatable bonds is 4. The van der Waals surface area contributed by atoms with Gasteiger partial charge in [0.1, 0.15) is 11.6 Å². The van der Waals surface area contributed by atoms with Gasteiger partial charge in [-0.05, 0) is 24.9 Å². The van der Waals surface area contributed by atoms with Gasteiger partial charge in [-0.25, -0.2) is 8.78 Å². The maximum Gasteiger partial charge on any atom is 0.130 e. The highest BCUT2D eigenvalue weighted by Gasteiger charge is 2.33. The first-order chi connectivity index (χ1) is 8.63. The molecule has 0 aliphatic carbocycles. The van der Waals surface area contributed by atoms with Crippen LogP contribution in [-0.4, -0.2) is 19.3 Å². The second-order valence-corrected chi connectivity index (χ2v) is 4.80. The van der Waals surface area contributed by atoms with Crippen molar-refractivity contribution in [3.8, 4) is 0 Å². The zero-order valence-electron chi connectivity index (χ0n) is 10.7. The summed E-state index contributed by atoms with van der Waals surface area (Å²) in [6, 6.07) is 3.52. The fourth-order valence-corrected chi connectivity index (χ4v) is 2.52. The van der Waals surface area contributed by atoms with E-state index in [4.69, 9.17) is 4.74 Å². The number of nitrogens with one attached hydrogen (secondary N) is 1. The summed E-state index contributed by atoms with van der Waals surface area (Å²) in [5.74, 6) is -0.686. The Morgan fingerprint density at radius 3 is 2.78 bits per heavy atom. The third-order valence-electron chi connectivity index (χ3n) is 3.49. The van der Waals surface area contributed by atoms with E-state index in [9.17, 15) is 8.78 Å². The summed E-state index contributed by atoms with van der Waals surface area (Å²) in [5, 5.41) is 3.24. The van der Waals surface area contributed by atoms with Gasteiger partial charge in [-0.1, -0.05) is 19.9 Å². The Balaban J connectivity index is 2.28. The van der Waals surface area contributed by atoms with Crippen molar-refractivity contribution in [3.05, 3.63) is 35.4 Å². The molecule has 18 heavy (non-hydrogen) atoms. The van der Waals surface area contributed by atoms with Crippen LogP contribution in [0, 0.1) is 17.6 Å². The molecule has 0 bridgehead atoms. The molecule has 0 aromatic heterocycles. The van der Waals surface area contributed by atoms with E-state index in [1.807, 2.05) is 6.92 Å². The van der Waals surface area contributed by atoms with Gasteiger partial charge < -0.3 is 10.1 Å². The van der Waals surface area contributed by atoms with Crippen LogP contribution in [0.1, 0.15) is 31.9 Å². The first-order valence-corrected chi connectivity index (χ1v) is 6.43. The van der Waals surface area contributed by atoms with Crippen LogP contribution in [0.4, 0.5) is 8.78 Å². The van der Waals surface area contributed by atoms with Gasteiger partial charge in [0.2, 0.25) is 0 Å². The van der Waals surface area contributed by atoms with Gasteiger partial charge in [-0.2, -0.15) is 0 Å². The maximum absolute atomic E-state index is 13.9. The topological polar surface area (TPSA) is 21.3 Å². The summed E-state index contributed by atoms with van der Waals surface area (Å²) in [4.78, 5) is 0. The Hall–Kier alpha value is -1.00. The van der Waals surface area contributed by atoms with Crippen LogP contribution in [0.25, 0.3) is 0 Å². The molecule has 1 aliphatic heterocycles. The van der Waals surface area contributed by atoms with Crippen LogP contribution >= 0.6 is 0 Å². The van der Waals surface area contributed by atoms with Crippen LogP contribution in [-0.2, 0) is 4.74 Å². The minimum Gasteiger partial charge on any atom is -0.376 e. The Bertz CT molecular complexity index is 411. The summed E-state index contributed by atoms with van der Waals surface area (Å²) in [6.07, 6.45) is 0.931. The normalized spacial score (nSPS) is 25.3. The minimum absolute atomic E-state index is 0.0510. The van der Waals surface area contributed by atoms with Gasteiger partial charge in [-0.15, -0.1) is 0 Å². The molecule has 3 unspecified atom stereocenters. The number of hydrogen-bond donors (Lipinski definition) is 1. The van der Waals surface area contributed by atoms with Crippen molar-refractivity contribution < 1.29 is 13.5 Å². The number of halogens is 2. The molecule has 1 fully saturated rings. The molecule has 2 rings (SSSR count). The summed E-state index contributed by atoms with van der Waals surface area (Å²) in [5.41, 5.74) is 0.483. The standard InChI is InChI=1S/C14H19F2NO/c1-3-17-13(14-9(2)6-7-18-14)11-5-4-10(15)8-12(11)16/h4-5,8-9,13-14,17H,3,6-7H2,1-2H3. The molecular formula is C14H19F2NO. The van der Waals surface area contributed by atoms with Crippen molar-refractivity contribution in [2.45, 2.75) is 32.4 Å². The molecule has 0 radical (unpaired) electrons. The lowest BCUT2D eigenvalue weighted by atomic mass is 9.92. The quantitative estimate of drug-likeness (QED) is 0.893. The van der Waals surface area contributed by atoms with Crippen molar-refractivity contribution in [3.63, 3.8) is 0 Å². The lowest BCUT2D eigenvalue weighted by Gasteiger charge is -2.27. The summed E-state index contributed by atoms with van der Waals surface area (Å²) >= 11 is 0. The third-order valence-corrected chi connectivity index (χ3v) is 3.49. The van der Waals surface area contributed by atoms with Crippen LogP contribution in [0.3, 0.4) is 0 Å². The van der Waals surface area contributed by atoms with Gasteiger partial charge >= 0.3 is 0 Å². The highest BCUT2D eigenvalue weighted by Crippen LogP contribution is 2.32. The molecule has 1 N–H and O–H groups in total. The Morgan fingerprint density at radius 2 is 2.22 bits per heavy atom. The lowest BCUT2D eigenvalue weighted by molar-refractivity contribution is 0.0601. The zero-order valence-corrected chi connectivity index (χ0v) is 10.7. The van der Waals surface area contributed by atoms with Crippen LogP contribution < -0.4 is 5.32 Å². The largest absolute Gasteiger partial charge is 0.376 e. The van der Waals surface area contributed by atoms with E-state index in [-0.39, 0.29) is 12.1 Å². The van der Waals surface area contributed by atoms with Gasteiger partial charge in [0.15, 0.2) is 0 Å². The number of hydrogen-bond acceptors (Lipinski definition) is 2. The summed E-state index contributed by atoms with van der Waals surface area (Å²) in [7, 11) is 0. The Morgan fingerprint density at radius 1 is 1.44 bits per heavy atom. The first kappa shape index (κ1) is 13.4. The van der Waals surface area contributed by atoms with Crippen molar-refractivity contribution in [2.24, 2.45) is 5.92 Å². The number of benzene rings is 1. The molecule has 1 aliphatic rings. The molecule has 1 aromatic rings. The average Bonchev–Trinajstić information content (AvgIpc) is 2.73. The highest BCUT2D eigenvalue weighted by atomic mass is 19.1. The van der Waals surface area contributed by atoms with Crippen LogP contribution in [0.5, 0.6) is 0 Å². The Kier molecular flexibility index (Phi) is 4.30. The molecule has 1 heterocycles. The van der Waals surface area contributed by atoms with E-state index in [0.717, 1.165) is 12.5 Å². The molecule has 2 nitrogen and oxygen atoms in total. The van der Waals surface area contributed by atoms with E-state index < -0.39 is 11.6 Å². The predicted molar refractivity (Wildman–Crippen MR) is 66.3 cm³/mol. The fourth-order valence-electron chi connectivity index (χ4n) is 2.52. The second-order valence-electron chi connectivity index (χ2n) is 4.80. The van der Waals surface area contributed by atoms with Crippen molar-refractivity contribution in [2.75, 3.05) is 13.2 Å². The lowest BCUT2D eigenvalue weighted by Crippen LogP contribution is -2.35. The SMILES string of the molecule is CCNC(c1ccc(F)cc1F)C1OCCC1C.